The Kier molecular flexibility index (Phi) is 0.698. The summed E-state index contributed by atoms with van der Waals surface area (Å²) in [5, 5.41) is 0. The molecule has 2 aliphatic rings. The minimum absolute atomic E-state index is 0.0185. The Labute approximate surface area is 51.0 Å². The van der Waals surface area contributed by atoms with Crippen LogP contribution >= 0.6 is 0 Å². The quantitative estimate of drug-likeness (QED) is 0.506. The summed E-state index contributed by atoms with van der Waals surface area (Å²) in [6.45, 7) is 0.147. The smallest absolute Gasteiger partial charge is 0.275 e. The van der Waals surface area contributed by atoms with Gasteiger partial charge in [-0.25, -0.2) is 8.78 Å². The average molecular weight is 135 g/mol. The molecule has 0 radical (unpaired) electrons. The predicted octanol–water partition coefficient (Wildman–Crippen LogP) is -0.0208. The van der Waals surface area contributed by atoms with Crippen LogP contribution in [-0.4, -0.2) is 24.7 Å². The van der Waals surface area contributed by atoms with Gasteiger partial charge in [0, 0.05) is 0 Å². The Morgan fingerprint density at radius 1 is 1.56 bits per heavy atom. The van der Waals surface area contributed by atoms with Gasteiger partial charge in [0.05, 0.1) is 19.1 Å². The highest BCUT2D eigenvalue weighted by Gasteiger charge is 2.81. The van der Waals surface area contributed by atoms with Crippen LogP contribution in [0.2, 0.25) is 0 Å². The molecule has 1 saturated heterocycles. The van der Waals surface area contributed by atoms with Crippen molar-refractivity contribution in [3.05, 3.63) is 0 Å². The van der Waals surface area contributed by atoms with Crippen molar-refractivity contribution in [3.8, 4) is 0 Å². The first-order chi connectivity index (χ1) is 4.09. The number of hydrogen-bond donors (Lipinski definition) is 1. The van der Waals surface area contributed by atoms with E-state index < -0.39 is 17.4 Å². The summed E-state index contributed by atoms with van der Waals surface area (Å²) in [4.78, 5) is 0. The second-order valence-corrected chi connectivity index (χ2v) is 2.73. The molecule has 4 heteroatoms. The van der Waals surface area contributed by atoms with E-state index in [1.807, 2.05) is 0 Å². The van der Waals surface area contributed by atoms with Crippen LogP contribution in [0.15, 0.2) is 0 Å². The van der Waals surface area contributed by atoms with Crippen molar-refractivity contribution in [2.75, 3.05) is 13.2 Å². The van der Waals surface area contributed by atoms with Crippen LogP contribution in [0.4, 0.5) is 8.78 Å². The van der Waals surface area contributed by atoms with Crippen molar-refractivity contribution >= 4 is 0 Å². The third-order valence-electron chi connectivity index (χ3n) is 2.22. The molecule has 0 amide bonds. The Bertz CT molecular complexity index is 161. The number of fused-ring (bicyclic) bond motifs is 1. The SMILES string of the molecule is N[C@@]12COC[C@@H]1C2(F)F. The molecule has 2 nitrogen and oxygen atoms in total. The minimum atomic E-state index is -2.65. The number of halogens is 2. The summed E-state index contributed by atoms with van der Waals surface area (Å²) in [5.74, 6) is -3.35. The van der Waals surface area contributed by atoms with Gasteiger partial charge in [0.15, 0.2) is 0 Å². The van der Waals surface area contributed by atoms with Crippen molar-refractivity contribution in [2.24, 2.45) is 11.7 Å². The Hall–Kier alpha value is -0.220. The van der Waals surface area contributed by atoms with Gasteiger partial charge in [0.1, 0.15) is 5.54 Å². The molecule has 2 atom stereocenters. The van der Waals surface area contributed by atoms with E-state index in [0.29, 0.717) is 0 Å². The number of alkyl halides is 2. The van der Waals surface area contributed by atoms with Crippen molar-refractivity contribution < 1.29 is 13.5 Å². The van der Waals surface area contributed by atoms with E-state index in [2.05, 4.69) is 0 Å². The van der Waals surface area contributed by atoms with Crippen LogP contribution in [0, 0.1) is 5.92 Å². The van der Waals surface area contributed by atoms with E-state index in [1.165, 1.54) is 0 Å². The molecule has 1 aliphatic carbocycles. The van der Waals surface area contributed by atoms with Gasteiger partial charge in [0.2, 0.25) is 0 Å². The first-order valence-electron chi connectivity index (χ1n) is 2.83. The lowest BCUT2D eigenvalue weighted by Gasteiger charge is -2.05. The zero-order valence-electron chi connectivity index (χ0n) is 4.73. The highest BCUT2D eigenvalue weighted by atomic mass is 19.3. The molecule has 1 aliphatic heterocycles. The molecule has 0 spiro atoms. The Morgan fingerprint density at radius 2 is 2.22 bits per heavy atom. The molecule has 9 heavy (non-hydrogen) atoms. The van der Waals surface area contributed by atoms with Gasteiger partial charge in [-0.3, -0.25) is 0 Å². The minimum Gasteiger partial charge on any atom is -0.379 e. The van der Waals surface area contributed by atoms with E-state index in [1.54, 1.807) is 0 Å². The number of rotatable bonds is 0. The lowest BCUT2D eigenvalue weighted by Crippen LogP contribution is -2.33. The molecule has 2 N–H and O–H groups in total. The topological polar surface area (TPSA) is 35.2 Å². The van der Waals surface area contributed by atoms with Gasteiger partial charge in [-0.1, -0.05) is 0 Å². The predicted molar refractivity (Wildman–Crippen MR) is 26.2 cm³/mol. The van der Waals surface area contributed by atoms with Crippen LogP contribution in [0.3, 0.4) is 0 Å². The fourth-order valence-corrected chi connectivity index (χ4v) is 1.35. The van der Waals surface area contributed by atoms with Crippen LogP contribution in [0.1, 0.15) is 0 Å². The number of ether oxygens (including phenoxy) is 1. The van der Waals surface area contributed by atoms with E-state index in [0.717, 1.165) is 0 Å². The first kappa shape index (κ1) is 5.56. The van der Waals surface area contributed by atoms with E-state index in [9.17, 15) is 8.78 Å². The van der Waals surface area contributed by atoms with Crippen molar-refractivity contribution in [1.29, 1.82) is 0 Å². The van der Waals surface area contributed by atoms with E-state index >= 15 is 0 Å². The van der Waals surface area contributed by atoms with E-state index in [-0.39, 0.29) is 13.2 Å². The van der Waals surface area contributed by atoms with Gasteiger partial charge >= 0.3 is 0 Å². The van der Waals surface area contributed by atoms with Gasteiger partial charge < -0.3 is 10.5 Å². The molecule has 0 aromatic heterocycles. The van der Waals surface area contributed by atoms with Gasteiger partial charge in [-0.05, 0) is 0 Å². The number of hydrogen-bond acceptors (Lipinski definition) is 2. The molecule has 2 rings (SSSR count). The lowest BCUT2D eigenvalue weighted by atomic mass is 10.3. The molecule has 1 heterocycles. The fourth-order valence-electron chi connectivity index (χ4n) is 1.35. The second kappa shape index (κ2) is 1.13. The fraction of sp³-hybridized carbons (Fsp3) is 1.00. The van der Waals surface area contributed by atoms with Crippen LogP contribution in [-0.2, 0) is 4.74 Å². The molecular weight excluding hydrogens is 128 g/mol. The summed E-state index contributed by atoms with van der Waals surface area (Å²) < 4.78 is 29.6. The monoisotopic (exact) mass is 135 g/mol. The molecule has 2 fully saturated rings. The summed E-state index contributed by atoms with van der Waals surface area (Å²) in [6.07, 6.45) is 0. The zero-order valence-corrected chi connectivity index (χ0v) is 4.73. The first-order valence-corrected chi connectivity index (χ1v) is 2.83. The van der Waals surface area contributed by atoms with Crippen molar-refractivity contribution in [2.45, 2.75) is 11.5 Å². The van der Waals surface area contributed by atoms with Gasteiger partial charge in [-0.2, -0.15) is 0 Å². The van der Waals surface area contributed by atoms with Crippen molar-refractivity contribution in [1.82, 2.24) is 0 Å². The molecule has 0 bridgehead atoms. The van der Waals surface area contributed by atoms with Crippen LogP contribution < -0.4 is 5.73 Å². The highest BCUT2D eigenvalue weighted by molar-refractivity contribution is 5.26. The summed E-state index contributed by atoms with van der Waals surface area (Å²) in [6, 6.07) is 0. The Balaban J connectivity index is 2.26. The summed E-state index contributed by atoms with van der Waals surface area (Å²) in [7, 11) is 0. The van der Waals surface area contributed by atoms with Gasteiger partial charge in [0.25, 0.3) is 5.92 Å². The van der Waals surface area contributed by atoms with Crippen molar-refractivity contribution in [3.63, 3.8) is 0 Å². The van der Waals surface area contributed by atoms with Gasteiger partial charge in [-0.15, -0.1) is 0 Å². The second-order valence-electron chi connectivity index (χ2n) is 2.73. The molecule has 0 aromatic carbocycles. The average Bonchev–Trinajstić information content (AvgIpc) is 2.21. The third-order valence-corrected chi connectivity index (χ3v) is 2.22. The third kappa shape index (κ3) is 0.391. The van der Waals surface area contributed by atoms with Crippen LogP contribution in [0.5, 0.6) is 0 Å². The highest BCUT2D eigenvalue weighted by Crippen LogP contribution is 2.60. The standard InChI is InChI=1S/C5H7F2NO/c6-5(7)3-1-9-2-4(3,5)8/h3H,1-2,8H2/t3-,4-/m0/s1. The van der Waals surface area contributed by atoms with E-state index in [4.69, 9.17) is 10.5 Å². The maximum absolute atomic E-state index is 12.4. The molecule has 0 aromatic rings. The molecule has 0 unspecified atom stereocenters. The Morgan fingerprint density at radius 3 is 2.44 bits per heavy atom. The van der Waals surface area contributed by atoms with Crippen LogP contribution in [0.25, 0.3) is 0 Å². The lowest BCUT2D eigenvalue weighted by molar-refractivity contribution is 0.0102. The zero-order chi connectivity index (χ0) is 6.70. The molecular formula is C5H7F2NO. The molecule has 52 valence electrons. The maximum atomic E-state index is 12.4. The largest absolute Gasteiger partial charge is 0.379 e. The summed E-state index contributed by atoms with van der Waals surface area (Å²) in [5.41, 5.74) is 3.96. The number of nitrogens with two attached hydrogens (primary N) is 1. The maximum Gasteiger partial charge on any atom is 0.275 e. The summed E-state index contributed by atoms with van der Waals surface area (Å²) >= 11 is 0. The normalized spacial score (nSPS) is 53.0. The molecule has 1 saturated carbocycles.